The Morgan fingerprint density at radius 2 is 2.06 bits per heavy atom. The van der Waals surface area contributed by atoms with Gasteiger partial charge in [-0.05, 0) is 48.9 Å². The van der Waals surface area contributed by atoms with Crippen molar-refractivity contribution in [3.63, 3.8) is 0 Å². The van der Waals surface area contributed by atoms with Crippen molar-refractivity contribution >= 4 is 28.3 Å². The van der Waals surface area contributed by atoms with Crippen molar-refractivity contribution in [2.45, 2.75) is 19.4 Å². The Morgan fingerprint density at radius 3 is 2.84 bits per heavy atom. The fourth-order valence-corrected chi connectivity index (χ4v) is 3.93. The van der Waals surface area contributed by atoms with E-state index in [1.165, 1.54) is 5.01 Å². The summed E-state index contributed by atoms with van der Waals surface area (Å²) in [7, 11) is 1.61. The molecule has 1 N–H and O–H groups in total. The lowest BCUT2D eigenvalue weighted by molar-refractivity contribution is -0.131. The van der Waals surface area contributed by atoms with Crippen LogP contribution in [0.4, 0.5) is 5.69 Å². The summed E-state index contributed by atoms with van der Waals surface area (Å²) >= 11 is 0. The number of para-hydroxylation sites is 1. The van der Waals surface area contributed by atoms with Gasteiger partial charge in [-0.2, -0.15) is 5.10 Å². The summed E-state index contributed by atoms with van der Waals surface area (Å²) in [5.74, 6) is 1.84. The highest BCUT2D eigenvalue weighted by Crippen LogP contribution is 2.34. The summed E-state index contributed by atoms with van der Waals surface area (Å²) in [4.78, 5) is 13.2. The zero-order chi connectivity index (χ0) is 22.1. The largest absolute Gasteiger partial charge is 0.495 e. The third kappa shape index (κ3) is 3.73. The van der Waals surface area contributed by atoms with E-state index in [1.807, 2.05) is 67.6 Å². The summed E-state index contributed by atoms with van der Waals surface area (Å²) in [6.07, 6.45) is 2.11. The van der Waals surface area contributed by atoms with Crippen LogP contribution in [0.2, 0.25) is 0 Å². The standard InChI is InChI=1S/C25H23N3O4/c1-16-9-10-22(30-2)18(12-16)26-15-25(29)28-20(23-8-5-11-31-23)14-19(27-28)24-13-17-6-3-4-7-21(17)32-24/h3-13,20,26H,14-15H2,1-2H3/t20-/m0/s1. The predicted octanol–water partition coefficient (Wildman–Crippen LogP) is 5.13. The molecule has 32 heavy (non-hydrogen) atoms. The van der Waals surface area contributed by atoms with E-state index in [0.717, 1.165) is 22.2 Å². The van der Waals surface area contributed by atoms with Gasteiger partial charge in [0, 0.05) is 11.8 Å². The number of hydrogen-bond acceptors (Lipinski definition) is 6. The molecule has 0 saturated carbocycles. The van der Waals surface area contributed by atoms with Crippen LogP contribution in [0.1, 0.15) is 29.5 Å². The van der Waals surface area contributed by atoms with E-state index >= 15 is 0 Å². The Bertz CT molecular complexity index is 1260. The van der Waals surface area contributed by atoms with Crippen LogP contribution in [0.15, 0.2) is 80.9 Å². The molecule has 2 aromatic carbocycles. The minimum absolute atomic E-state index is 0.0634. The number of furan rings is 2. The second-order valence-corrected chi connectivity index (χ2v) is 7.73. The molecule has 0 spiro atoms. The number of carbonyl (C=O) groups is 1. The number of fused-ring (bicyclic) bond motifs is 1. The molecule has 0 fully saturated rings. The van der Waals surface area contributed by atoms with E-state index in [4.69, 9.17) is 13.6 Å². The Labute approximate surface area is 185 Å². The summed E-state index contributed by atoms with van der Waals surface area (Å²) < 4.78 is 17.0. The molecule has 1 atom stereocenters. The average Bonchev–Trinajstić information content (AvgIpc) is 3.56. The number of benzene rings is 2. The second-order valence-electron chi connectivity index (χ2n) is 7.73. The van der Waals surface area contributed by atoms with Crippen LogP contribution in [-0.2, 0) is 4.79 Å². The van der Waals surface area contributed by atoms with Gasteiger partial charge in [0.05, 0.1) is 25.6 Å². The first-order valence-electron chi connectivity index (χ1n) is 10.4. The first-order chi connectivity index (χ1) is 15.6. The topological polar surface area (TPSA) is 80.2 Å². The molecule has 4 aromatic rings. The highest BCUT2D eigenvalue weighted by atomic mass is 16.5. The lowest BCUT2D eigenvalue weighted by atomic mass is 10.1. The van der Waals surface area contributed by atoms with Crippen molar-refractivity contribution in [1.82, 2.24) is 5.01 Å². The van der Waals surface area contributed by atoms with E-state index in [-0.39, 0.29) is 18.5 Å². The number of amides is 1. The molecule has 162 valence electrons. The zero-order valence-electron chi connectivity index (χ0n) is 17.9. The zero-order valence-corrected chi connectivity index (χ0v) is 17.9. The van der Waals surface area contributed by atoms with Gasteiger partial charge < -0.3 is 18.9 Å². The Kier molecular flexibility index (Phi) is 5.15. The predicted molar refractivity (Wildman–Crippen MR) is 122 cm³/mol. The normalized spacial score (nSPS) is 15.8. The molecular formula is C25H23N3O4. The van der Waals surface area contributed by atoms with E-state index in [0.29, 0.717) is 29.4 Å². The van der Waals surface area contributed by atoms with Crippen molar-refractivity contribution in [1.29, 1.82) is 0 Å². The molecule has 0 bridgehead atoms. The highest BCUT2D eigenvalue weighted by molar-refractivity contribution is 6.03. The smallest absolute Gasteiger partial charge is 0.262 e. The molecule has 3 heterocycles. The maximum absolute atomic E-state index is 13.2. The maximum atomic E-state index is 13.2. The number of nitrogens with zero attached hydrogens (tertiary/aromatic N) is 2. The highest BCUT2D eigenvalue weighted by Gasteiger charge is 2.35. The van der Waals surface area contributed by atoms with E-state index in [2.05, 4.69) is 10.4 Å². The molecule has 0 unspecified atom stereocenters. The molecule has 1 aliphatic rings. The summed E-state index contributed by atoms with van der Waals surface area (Å²) in [5.41, 5.74) is 3.33. The lowest BCUT2D eigenvalue weighted by Crippen LogP contribution is -2.32. The number of hydrogen-bond donors (Lipinski definition) is 1. The van der Waals surface area contributed by atoms with Crippen LogP contribution in [0.25, 0.3) is 11.0 Å². The molecule has 2 aromatic heterocycles. The van der Waals surface area contributed by atoms with Gasteiger partial charge in [0.2, 0.25) is 0 Å². The monoisotopic (exact) mass is 429 g/mol. The minimum Gasteiger partial charge on any atom is -0.495 e. The molecule has 7 heteroatoms. The Morgan fingerprint density at radius 1 is 1.19 bits per heavy atom. The third-order valence-corrected chi connectivity index (χ3v) is 5.53. The molecule has 5 rings (SSSR count). The number of ether oxygens (including phenoxy) is 1. The fourth-order valence-electron chi connectivity index (χ4n) is 3.93. The molecule has 0 saturated heterocycles. The first kappa shape index (κ1) is 19.9. The van der Waals surface area contributed by atoms with Crippen LogP contribution >= 0.6 is 0 Å². The van der Waals surface area contributed by atoms with Crippen molar-refractivity contribution in [3.8, 4) is 5.75 Å². The summed E-state index contributed by atoms with van der Waals surface area (Å²) in [6, 6.07) is 18.9. The molecule has 0 radical (unpaired) electrons. The first-order valence-corrected chi connectivity index (χ1v) is 10.4. The van der Waals surface area contributed by atoms with Gasteiger partial charge in [0.1, 0.15) is 28.8 Å². The second kappa shape index (κ2) is 8.26. The van der Waals surface area contributed by atoms with Crippen LogP contribution < -0.4 is 10.1 Å². The van der Waals surface area contributed by atoms with Gasteiger partial charge in [-0.3, -0.25) is 4.79 Å². The molecule has 7 nitrogen and oxygen atoms in total. The quantitative estimate of drug-likeness (QED) is 0.459. The fraction of sp³-hybridized carbons (Fsp3) is 0.200. The van der Waals surface area contributed by atoms with Gasteiger partial charge in [-0.1, -0.05) is 24.3 Å². The van der Waals surface area contributed by atoms with Gasteiger partial charge in [-0.25, -0.2) is 5.01 Å². The molecular weight excluding hydrogens is 406 g/mol. The van der Waals surface area contributed by atoms with Gasteiger partial charge in [-0.15, -0.1) is 0 Å². The number of hydrazone groups is 1. The number of aryl methyl sites for hydroxylation is 1. The summed E-state index contributed by atoms with van der Waals surface area (Å²) in [5, 5.41) is 10.3. The molecule has 1 amide bonds. The van der Waals surface area contributed by atoms with Crippen LogP contribution in [-0.4, -0.2) is 30.3 Å². The maximum Gasteiger partial charge on any atom is 0.262 e. The third-order valence-electron chi connectivity index (χ3n) is 5.53. The van der Waals surface area contributed by atoms with E-state index in [1.54, 1.807) is 13.4 Å². The van der Waals surface area contributed by atoms with Crippen LogP contribution in [0, 0.1) is 6.92 Å². The molecule has 0 aliphatic carbocycles. The summed E-state index contributed by atoms with van der Waals surface area (Å²) in [6.45, 7) is 2.05. The van der Waals surface area contributed by atoms with Crippen LogP contribution in [0.5, 0.6) is 5.75 Å². The number of anilines is 1. The van der Waals surface area contributed by atoms with Gasteiger partial charge in [0.15, 0.2) is 5.76 Å². The van der Waals surface area contributed by atoms with Crippen molar-refractivity contribution in [2.24, 2.45) is 5.10 Å². The number of carbonyl (C=O) groups excluding carboxylic acids is 1. The number of rotatable bonds is 6. The van der Waals surface area contributed by atoms with E-state index < -0.39 is 0 Å². The molecule has 1 aliphatic heterocycles. The lowest BCUT2D eigenvalue weighted by Gasteiger charge is -2.20. The van der Waals surface area contributed by atoms with Gasteiger partial charge >= 0.3 is 0 Å². The average molecular weight is 429 g/mol. The number of nitrogens with one attached hydrogen (secondary N) is 1. The Hall–Kier alpha value is -4.00. The van der Waals surface area contributed by atoms with Crippen molar-refractivity contribution < 1.29 is 18.4 Å². The number of methoxy groups -OCH3 is 1. The van der Waals surface area contributed by atoms with Crippen LogP contribution in [0.3, 0.4) is 0 Å². The van der Waals surface area contributed by atoms with Crippen molar-refractivity contribution in [2.75, 3.05) is 19.0 Å². The van der Waals surface area contributed by atoms with Crippen molar-refractivity contribution in [3.05, 3.63) is 84.0 Å². The van der Waals surface area contributed by atoms with Gasteiger partial charge in [0.25, 0.3) is 5.91 Å². The SMILES string of the molecule is COc1ccc(C)cc1NCC(=O)N1N=C(c2cc3ccccc3o2)C[C@H]1c1ccco1. The Balaban J connectivity index is 1.41. The van der Waals surface area contributed by atoms with E-state index in [9.17, 15) is 4.79 Å². The minimum atomic E-state index is -0.332.